The van der Waals surface area contributed by atoms with Crippen molar-refractivity contribution in [2.24, 2.45) is 0 Å². The standard InChI is InChI=1S/C11H14O2/c1-13-11-4-2-3-8-7-9(12)5-6-10(8)11/h5-7,11-12H,2-4H2,1H3. The van der Waals surface area contributed by atoms with Crippen molar-refractivity contribution in [2.75, 3.05) is 7.11 Å². The largest absolute Gasteiger partial charge is 0.508 e. The molecule has 0 spiro atoms. The third-order valence-corrected chi connectivity index (χ3v) is 2.67. The highest BCUT2D eigenvalue weighted by Gasteiger charge is 2.19. The monoisotopic (exact) mass is 178 g/mol. The predicted octanol–water partition coefficient (Wildman–Crippen LogP) is 2.42. The molecule has 2 nitrogen and oxygen atoms in total. The Bertz CT molecular complexity index is 307. The molecule has 1 aromatic rings. The number of hydrogen-bond donors (Lipinski definition) is 1. The lowest BCUT2D eigenvalue weighted by atomic mass is 9.89. The molecule has 0 amide bonds. The van der Waals surface area contributed by atoms with Crippen LogP contribution in [0.5, 0.6) is 5.75 Å². The quantitative estimate of drug-likeness (QED) is 0.715. The molecular weight excluding hydrogens is 164 g/mol. The first kappa shape index (κ1) is 8.57. The van der Waals surface area contributed by atoms with Crippen LogP contribution in [0.15, 0.2) is 18.2 Å². The van der Waals surface area contributed by atoms with Gasteiger partial charge in [-0.15, -0.1) is 0 Å². The van der Waals surface area contributed by atoms with E-state index in [1.807, 2.05) is 12.1 Å². The van der Waals surface area contributed by atoms with E-state index < -0.39 is 0 Å². The molecule has 1 N–H and O–H groups in total. The molecule has 0 fully saturated rings. The maximum atomic E-state index is 9.31. The molecule has 1 aliphatic rings. The highest BCUT2D eigenvalue weighted by atomic mass is 16.5. The molecular formula is C11H14O2. The fraction of sp³-hybridized carbons (Fsp3) is 0.455. The van der Waals surface area contributed by atoms with E-state index in [4.69, 9.17) is 4.74 Å². The molecule has 1 atom stereocenters. The van der Waals surface area contributed by atoms with Crippen molar-refractivity contribution in [3.63, 3.8) is 0 Å². The average Bonchev–Trinajstić information content (AvgIpc) is 2.16. The van der Waals surface area contributed by atoms with Gasteiger partial charge in [-0.3, -0.25) is 0 Å². The number of methoxy groups -OCH3 is 1. The Morgan fingerprint density at radius 1 is 1.46 bits per heavy atom. The maximum Gasteiger partial charge on any atom is 0.115 e. The Hall–Kier alpha value is -1.02. The first-order valence-electron chi connectivity index (χ1n) is 4.66. The second-order valence-corrected chi connectivity index (χ2v) is 3.50. The number of aryl methyl sites for hydroxylation is 1. The summed E-state index contributed by atoms with van der Waals surface area (Å²) >= 11 is 0. The van der Waals surface area contributed by atoms with Crippen LogP contribution in [0, 0.1) is 0 Å². The molecule has 2 heteroatoms. The average molecular weight is 178 g/mol. The van der Waals surface area contributed by atoms with E-state index in [9.17, 15) is 5.11 Å². The van der Waals surface area contributed by atoms with Gasteiger partial charge in [0.1, 0.15) is 5.75 Å². The first-order valence-corrected chi connectivity index (χ1v) is 4.66. The third kappa shape index (κ3) is 1.54. The summed E-state index contributed by atoms with van der Waals surface area (Å²) in [6.45, 7) is 0. The molecule has 0 saturated carbocycles. The van der Waals surface area contributed by atoms with Crippen LogP contribution in [0.25, 0.3) is 0 Å². The van der Waals surface area contributed by atoms with Gasteiger partial charge in [0.25, 0.3) is 0 Å². The summed E-state index contributed by atoms with van der Waals surface area (Å²) < 4.78 is 5.38. The van der Waals surface area contributed by atoms with Crippen molar-refractivity contribution >= 4 is 0 Å². The van der Waals surface area contributed by atoms with Gasteiger partial charge in [0.05, 0.1) is 6.10 Å². The van der Waals surface area contributed by atoms with Gasteiger partial charge in [-0.25, -0.2) is 0 Å². The normalized spacial score (nSPS) is 21.2. The van der Waals surface area contributed by atoms with Crippen molar-refractivity contribution in [3.05, 3.63) is 29.3 Å². The lowest BCUT2D eigenvalue weighted by Gasteiger charge is -2.24. The Morgan fingerprint density at radius 2 is 2.31 bits per heavy atom. The highest BCUT2D eigenvalue weighted by Crippen LogP contribution is 2.33. The van der Waals surface area contributed by atoms with Gasteiger partial charge in [0.2, 0.25) is 0 Å². The van der Waals surface area contributed by atoms with Gasteiger partial charge < -0.3 is 9.84 Å². The fourth-order valence-electron chi connectivity index (χ4n) is 2.00. The van der Waals surface area contributed by atoms with Crippen molar-refractivity contribution in [1.82, 2.24) is 0 Å². The molecule has 1 aromatic carbocycles. The van der Waals surface area contributed by atoms with Gasteiger partial charge in [0, 0.05) is 7.11 Å². The van der Waals surface area contributed by atoms with Crippen LogP contribution in [-0.2, 0) is 11.2 Å². The SMILES string of the molecule is COC1CCCc2cc(O)ccc21. The molecule has 0 bridgehead atoms. The van der Waals surface area contributed by atoms with Gasteiger partial charge >= 0.3 is 0 Å². The van der Waals surface area contributed by atoms with Crippen LogP contribution in [0.1, 0.15) is 30.1 Å². The van der Waals surface area contributed by atoms with E-state index in [2.05, 4.69) is 0 Å². The number of aromatic hydroxyl groups is 1. The summed E-state index contributed by atoms with van der Waals surface area (Å²) in [6, 6.07) is 5.55. The van der Waals surface area contributed by atoms with E-state index in [0.717, 1.165) is 19.3 Å². The summed E-state index contributed by atoms with van der Waals surface area (Å²) in [5.74, 6) is 0.357. The fourth-order valence-corrected chi connectivity index (χ4v) is 2.00. The van der Waals surface area contributed by atoms with Crippen LogP contribution < -0.4 is 0 Å². The highest BCUT2D eigenvalue weighted by molar-refractivity contribution is 5.37. The summed E-state index contributed by atoms with van der Waals surface area (Å²) in [5.41, 5.74) is 2.48. The number of phenols is 1. The maximum absolute atomic E-state index is 9.31. The topological polar surface area (TPSA) is 29.5 Å². The Labute approximate surface area is 78.2 Å². The van der Waals surface area contributed by atoms with Crippen molar-refractivity contribution < 1.29 is 9.84 Å². The minimum absolute atomic E-state index is 0.226. The first-order chi connectivity index (χ1) is 6.31. The van der Waals surface area contributed by atoms with Gasteiger partial charge in [-0.1, -0.05) is 6.07 Å². The van der Waals surface area contributed by atoms with Crippen LogP contribution >= 0.6 is 0 Å². The number of fused-ring (bicyclic) bond motifs is 1. The summed E-state index contributed by atoms with van der Waals surface area (Å²) in [7, 11) is 1.74. The van der Waals surface area contributed by atoms with E-state index in [0.29, 0.717) is 5.75 Å². The Balaban J connectivity index is 2.40. The van der Waals surface area contributed by atoms with Gasteiger partial charge in [0.15, 0.2) is 0 Å². The number of phenolic OH excluding ortho intramolecular Hbond substituents is 1. The Kier molecular flexibility index (Phi) is 2.23. The molecule has 13 heavy (non-hydrogen) atoms. The smallest absolute Gasteiger partial charge is 0.115 e. The molecule has 0 heterocycles. The predicted molar refractivity (Wildman–Crippen MR) is 50.8 cm³/mol. The van der Waals surface area contributed by atoms with Crippen LogP contribution in [-0.4, -0.2) is 12.2 Å². The van der Waals surface area contributed by atoms with E-state index >= 15 is 0 Å². The number of ether oxygens (including phenoxy) is 1. The molecule has 1 unspecified atom stereocenters. The molecule has 2 rings (SSSR count). The second kappa shape index (κ2) is 3.38. The van der Waals surface area contributed by atoms with Crippen LogP contribution in [0.3, 0.4) is 0 Å². The lowest BCUT2D eigenvalue weighted by Crippen LogP contribution is -2.10. The minimum Gasteiger partial charge on any atom is -0.508 e. The number of rotatable bonds is 1. The molecule has 0 aromatic heterocycles. The zero-order valence-electron chi connectivity index (χ0n) is 7.79. The van der Waals surface area contributed by atoms with E-state index in [1.54, 1.807) is 13.2 Å². The molecule has 1 aliphatic carbocycles. The summed E-state index contributed by atoms with van der Waals surface area (Å²) in [6.07, 6.45) is 3.52. The number of benzene rings is 1. The van der Waals surface area contributed by atoms with Crippen LogP contribution in [0.4, 0.5) is 0 Å². The molecule has 0 saturated heterocycles. The zero-order chi connectivity index (χ0) is 9.26. The summed E-state index contributed by atoms with van der Waals surface area (Å²) in [5, 5.41) is 9.31. The minimum atomic E-state index is 0.226. The van der Waals surface area contributed by atoms with Crippen molar-refractivity contribution in [3.8, 4) is 5.75 Å². The molecule has 0 radical (unpaired) electrons. The van der Waals surface area contributed by atoms with Crippen LogP contribution in [0.2, 0.25) is 0 Å². The molecule has 0 aliphatic heterocycles. The van der Waals surface area contributed by atoms with Crippen molar-refractivity contribution in [1.29, 1.82) is 0 Å². The Morgan fingerprint density at radius 3 is 3.08 bits per heavy atom. The lowest BCUT2D eigenvalue weighted by molar-refractivity contribution is 0.0880. The van der Waals surface area contributed by atoms with E-state index in [1.165, 1.54) is 11.1 Å². The van der Waals surface area contributed by atoms with Gasteiger partial charge in [-0.2, -0.15) is 0 Å². The third-order valence-electron chi connectivity index (χ3n) is 2.67. The second-order valence-electron chi connectivity index (χ2n) is 3.50. The van der Waals surface area contributed by atoms with Gasteiger partial charge in [-0.05, 0) is 42.5 Å². The summed E-state index contributed by atoms with van der Waals surface area (Å²) in [4.78, 5) is 0. The number of hydrogen-bond acceptors (Lipinski definition) is 2. The molecule has 70 valence electrons. The zero-order valence-corrected chi connectivity index (χ0v) is 7.79. The van der Waals surface area contributed by atoms with E-state index in [-0.39, 0.29) is 6.10 Å². The van der Waals surface area contributed by atoms with Crippen molar-refractivity contribution in [2.45, 2.75) is 25.4 Å².